The van der Waals surface area contributed by atoms with Crippen molar-refractivity contribution in [1.82, 2.24) is 9.88 Å². The summed E-state index contributed by atoms with van der Waals surface area (Å²) in [4.78, 5) is 18.0. The van der Waals surface area contributed by atoms with Crippen LogP contribution in [0.3, 0.4) is 0 Å². The van der Waals surface area contributed by atoms with E-state index in [2.05, 4.69) is 32.4 Å². The molecule has 0 aliphatic rings. The first-order chi connectivity index (χ1) is 8.15. The molecule has 0 unspecified atom stereocenters. The highest BCUT2D eigenvalue weighted by atomic mass is 79.9. The molecule has 0 bridgehead atoms. The summed E-state index contributed by atoms with van der Waals surface area (Å²) < 4.78 is 1.10. The van der Waals surface area contributed by atoms with E-state index in [9.17, 15) is 4.79 Å². The summed E-state index contributed by atoms with van der Waals surface area (Å²) in [7, 11) is 1.95. The number of nitrogens with zero attached hydrogens (tertiary/aromatic N) is 1. The number of halogens is 1. The van der Waals surface area contributed by atoms with Crippen LogP contribution in [0.5, 0.6) is 0 Å². The molecule has 0 atom stereocenters. The summed E-state index contributed by atoms with van der Waals surface area (Å²) in [5.74, 6) is 0.119. The van der Waals surface area contributed by atoms with Crippen molar-refractivity contribution >= 4 is 33.0 Å². The van der Waals surface area contributed by atoms with Gasteiger partial charge in [-0.05, 0) is 41.2 Å². The van der Waals surface area contributed by atoms with Gasteiger partial charge < -0.3 is 4.98 Å². The maximum Gasteiger partial charge on any atom is 0.192 e. The van der Waals surface area contributed by atoms with Gasteiger partial charge >= 0.3 is 0 Å². The molecule has 2 aromatic heterocycles. The van der Waals surface area contributed by atoms with E-state index in [1.165, 1.54) is 4.88 Å². The van der Waals surface area contributed by atoms with Crippen LogP contribution in [0.4, 0.5) is 0 Å². The molecule has 0 spiro atoms. The van der Waals surface area contributed by atoms with Crippen LogP contribution in [-0.2, 0) is 6.54 Å². The Balaban J connectivity index is 1.89. The highest BCUT2D eigenvalue weighted by Crippen LogP contribution is 2.20. The lowest BCUT2D eigenvalue weighted by molar-refractivity contribution is 0.0939. The molecule has 2 rings (SSSR count). The summed E-state index contributed by atoms with van der Waals surface area (Å²) in [5, 5.41) is 2.05. The minimum atomic E-state index is 0.119. The molecular weight excluding hydrogens is 300 g/mol. The van der Waals surface area contributed by atoms with Crippen molar-refractivity contribution in [2.75, 3.05) is 13.6 Å². The molecule has 0 aliphatic carbocycles. The molecular formula is C12H13BrN2OS. The number of aromatic amines is 1. The van der Waals surface area contributed by atoms with Gasteiger partial charge in [0, 0.05) is 27.5 Å². The minimum Gasteiger partial charge on any atom is -0.359 e. The average Bonchev–Trinajstić information content (AvgIpc) is 2.89. The van der Waals surface area contributed by atoms with Crippen molar-refractivity contribution in [2.45, 2.75) is 6.54 Å². The molecule has 90 valence electrons. The summed E-state index contributed by atoms with van der Waals surface area (Å²) in [6.45, 7) is 1.22. The Morgan fingerprint density at radius 3 is 3.00 bits per heavy atom. The third-order valence-electron chi connectivity index (χ3n) is 2.36. The Labute approximate surface area is 113 Å². The zero-order valence-corrected chi connectivity index (χ0v) is 11.8. The van der Waals surface area contributed by atoms with Gasteiger partial charge in [0.1, 0.15) is 0 Å². The number of likely N-dealkylation sites (N-methyl/N-ethyl adjacent to an activating group) is 1. The van der Waals surface area contributed by atoms with E-state index in [4.69, 9.17) is 0 Å². The Bertz CT molecular complexity index is 492. The van der Waals surface area contributed by atoms with Crippen LogP contribution in [0, 0.1) is 0 Å². The first kappa shape index (κ1) is 12.5. The number of hydrogen-bond donors (Lipinski definition) is 1. The molecule has 0 amide bonds. The average molecular weight is 313 g/mol. The van der Waals surface area contributed by atoms with Crippen LogP contribution in [0.25, 0.3) is 0 Å². The lowest BCUT2D eigenvalue weighted by atomic mass is 10.2. The number of rotatable bonds is 5. The molecule has 0 saturated heterocycles. The molecule has 3 nitrogen and oxygen atoms in total. The van der Waals surface area contributed by atoms with Gasteiger partial charge in [-0.1, -0.05) is 0 Å². The number of aromatic nitrogens is 1. The van der Waals surface area contributed by atoms with E-state index >= 15 is 0 Å². The zero-order valence-electron chi connectivity index (χ0n) is 9.44. The molecule has 17 heavy (non-hydrogen) atoms. The van der Waals surface area contributed by atoms with Gasteiger partial charge in [0.05, 0.1) is 12.2 Å². The number of nitrogens with one attached hydrogen (secondary N) is 1. The van der Waals surface area contributed by atoms with E-state index < -0.39 is 0 Å². The summed E-state index contributed by atoms with van der Waals surface area (Å²) in [5.41, 5.74) is 0.671. The zero-order chi connectivity index (χ0) is 12.3. The number of carbonyl (C=O) groups excluding carboxylic acids is 1. The Kier molecular flexibility index (Phi) is 4.15. The second-order valence-corrected chi connectivity index (χ2v) is 5.82. The van der Waals surface area contributed by atoms with Crippen molar-refractivity contribution in [2.24, 2.45) is 0 Å². The Morgan fingerprint density at radius 2 is 2.41 bits per heavy atom. The fraction of sp³-hybridized carbons (Fsp3) is 0.250. The van der Waals surface area contributed by atoms with E-state index in [1.807, 2.05) is 18.0 Å². The van der Waals surface area contributed by atoms with Gasteiger partial charge in [-0.15, -0.1) is 11.3 Å². The first-order valence-electron chi connectivity index (χ1n) is 5.23. The number of ketones is 1. The predicted octanol–water partition coefficient (Wildman–Crippen LogP) is 3.15. The standard InChI is InChI=1S/C12H13BrN2OS/c1-15(6-10-5-9(13)8-17-10)7-12(16)11-3-2-4-14-11/h2-5,8,14H,6-7H2,1H3. The number of H-pyrrole nitrogens is 1. The van der Waals surface area contributed by atoms with Crippen molar-refractivity contribution in [3.05, 3.63) is 44.8 Å². The van der Waals surface area contributed by atoms with Crippen molar-refractivity contribution < 1.29 is 4.79 Å². The third-order valence-corrected chi connectivity index (χ3v) is 4.04. The van der Waals surface area contributed by atoms with Crippen molar-refractivity contribution in [1.29, 1.82) is 0 Å². The van der Waals surface area contributed by atoms with Gasteiger partial charge in [-0.25, -0.2) is 0 Å². The molecule has 2 aromatic rings. The quantitative estimate of drug-likeness (QED) is 0.861. The fourth-order valence-electron chi connectivity index (χ4n) is 1.59. The third kappa shape index (κ3) is 3.52. The molecule has 2 heterocycles. The summed E-state index contributed by atoms with van der Waals surface area (Å²) in [6, 6.07) is 5.72. The van der Waals surface area contributed by atoms with Crippen LogP contribution < -0.4 is 0 Å². The molecule has 1 N–H and O–H groups in total. The van der Waals surface area contributed by atoms with E-state index in [0.717, 1.165) is 11.0 Å². The maximum atomic E-state index is 11.8. The van der Waals surface area contributed by atoms with Crippen LogP contribution in [0.1, 0.15) is 15.4 Å². The normalized spacial score (nSPS) is 11.0. The van der Waals surface area contributed by atoms with Crippen molar-refractivity contribution in [3.8, 4) is 0 Å². The number of thiophene rings is 1. The monoisotopic (exact) mass is 312 g/mol. The van der Waals surface area contributed by atoms with Crippen LogP contribution in [0.15, 0.2) is 34.2 Å². The lowest BCUT2D eigenvalue weighted by Gasteiger charge is -2.13. The van der Waals surface area contributed by atoms with Crippen LogP contribution >= 0.6 is 27.3 Å². The lowest BCUT2D eigenvalue weighted by Crippen LogP contribution is -2.25. The molecule has 5 heteroatoms. The summed E-state index contributed by atoms with van der Waals surface area (Å²) >= 11 is 5.12. The van der Waals surface area contributed by atoms with Crippen LogP contribution in [-0.4, -0.2) is 29.3 Å². The molecule has 0 aromatic carbocycles. The largest absolute Gasteiger partial charge is 0.359 e. The highest BCUT2D eigenvalue weighted by molar-refractivity contribution is 9.10. The van der Waals surface area contributed by atoms with Crippen molar-refractivity contribution in [3.63, 3.8) is 0 Å². The fourth-order valence-corrected chi connectivity index (χ4v) is 3.12. The minimum absolute atomic E-state index is 0.119. The molecule has 0 saturated carbocycles. The van der Waals surface area contributed by atoms with Gasteiger partial charge in [-0.2, -0.15) is 0 Å². The van der Waals surface area contributed by atoms with Gasteiger partial charge in [-0.3, -0.25) is 9.69 Å². The second-order valence-electron chi connectivity index (χ2n) is 3.91. The molecule has 0 radical (unpaired) electrons. The first-order valence-corrected chi connectivity index (χ1v) is 6.90. The number of carbonyl (C=O) groups is 1. The smallest absolute Gasteiger partial charge is 0.192 e. The van der Waals surface area contributed by atoms with Gasteiger partial charge in [0.15, 0.2) is 5.78 Å². The van der Waals surface area contributed by atoms with E-state index in [1.54, 1.807) is 23.6 Å². The number of hydrogen-bond acceptors (Lipinski definition) is 3. The van der Waals surface area contributed by atoms with Crippen LogP contribution in [0.2, 0.25) is 0 Å². The predicted molar refractivity (Wildman–Crippen MR) is 73.5 cm³/mol. The molecule has 0 fully saturated rings. The highest BCUT2D eigenvalue weighted by Gasteiger charge is 2.10. The van der Waals surface area contributed by atoms with Gasteiger partial charge in [0.25, 0.3) is 0 Å². The Morgan fingerprint density at radius 1 is 1.59 bits per heavy atom. The Hall–Kier alpha value is -0.910. The van der Waals surface area contributed by atoms with E-state index in [0.29, 0.717) is 12.2 Å². The van der Waals surface area contributed by atoms with Gasteiger partial charge in [0.2, 0.25) is 0 Å². The number of Topliss-reactive ketones (excluding diaryl/α,β-unsaturated/α-hetero) is 1. The maximum absolute atomic E-state index is 11.8. The second kappa shape index (κ2) is 5.62. The topological polar surface area (TPSA) is 36.1 Å². The SMILES string of the molecule is CN(CC(=O)c1ccc[nH]1)Cc1cc(Br)cs1. The molecule has 0 aliphatic heterocycles. The summed E-state index contributed by atoms with van der Waals surface area (Å²) in [6.07, 6.45) is 1.77. The van der Waals surface area contributed by atoms with E-state index in [-0.39, 0.29) is 5.78 Å².